The van der Waals surface area contributed by atoms with Crippen LogP contribution in [0.15, 0.2) is 25.0 Å². The predicted octanol–water partition coefficient (Wildman–Crippen LogP) is 2.30. The fraction of sp³-hybridized carbons (Fsp3) is 0.500. The maximum absolute atomic E-state index is 8.00. The van der Waals surface area contributed by atoms with E-state index >= 15 is 0 Å². The molecule has 0 aliphatic heterocycles. The highest BCUT2D eigenvalue weighted by molar-refractivity contribution is 5.11. The molecule has 0 spiro atoms. The van der Waals surface area contributed by atoms with E-state index in [-0.39, 0.29) is 11.6 Å². The fourth-order valence-electron chi connectivity index (χ4n) is 0.651. The second-order valence-corrected chi connectivity index (χ2v) is 2.47. The number of imidazole rings is 2. The van der Waals surface area contributed by atoms with Crippen LogP contribution in [-0.4, -0.2) is 49.8 Å². The van der Waals surface area contributed by atoms with Gasteiger partial charge in [-0.3, -0.25) is 10.5 Å². The monoisotopic (exact) mass is 386 g/mol. The molecule has 2 aromatic rings. The van der Waals surface area contributed by atoms with Gasteiger partial charge in [-0.05, 0) is 20.9 Å². The van der Waals surface area contributed by atoms with E-state index in [9.17, 15) is 0 Å². The first-order chi connectivity index (χ1) is 11.8. The third-order valence-electron chi connectivity index (χ3n) is 1.27. The second kappa shape index (κ2) is 78.7. The van der Waals surface area contributed by atoms with Crippen LogP contribution < -0.4 is 11.9 Å². The van der Waals surface area contributed by atoms with Crippen LogP contribution in [-0.2, 0) is 4.79 Å². The van der Waals surface area contributed by atoms with Crippen LogP contribution in [0.4, 0.5) is 0 Å². The first-order valence-electron chi connectivity index (χ1n) is 6.92. The van der Waals surface area contributed by atoms with Crippen molar-refractivity contribution >= 4 is 6.79 Å². The number of hydrogen-bond acceptors (Lipinski definition) is 9. The number of aryl methyl sites for hydroxylation is 2. The van der Waals surface area contributed by atoms with Crippen LogP contribution in [0.25, 0.3) is 0 Å². The van der Waals surface area contributed by atoms with Gasteiger partial charge in [0.1, 0.15) is 6.79 Å². The lowest BCUT2D eigenvalue weighted by molar-refractivity contribution is -0.176. The molecule has 12 heteroatoms. The summed E-state index contributed by atoms with van der Waals surface area (Å²) in [5.41, 5.74) is 6.71. The Morgan fingerprint density at radius 2 is 1.04 bits per heavy atom. The number of aromatic amines is 2. The largest absolute Gasteiger partial charge is 0.412 e. The number of carbonyl (C=O) groups is 1. The Morgan fingerprint density at radius 1 is 0.846 bits per heavy atom. The van der Waals surface area contributed by atoms with Crippen molar-refractivity contribution in [3.8, 4) is 0 Å². The Bertz CT molecular complexity index is 301. The summed E-state index contributed by atoms with van der Waals surface area (Å²) in [7, 11) is 1.50. The van der Waals surface area contributed by atoms with E-state index in [4.69, 9.17) is 25.2 Å². The van der Waals surface area contributed by atoms with Crippen LogP contribution in [0.2, 0.25) is 0 Å². The molecule has 0 saturated heterocycles. The summed E-state index contributed by atoms with van der Waals surface area (Å²) in [6, 6.07) is 0. The smallest absolute Gasteiger partial charge is 0.106 e. The number of carbonyl (C=O) groups excluding carboxylic acids is 1. The average molecular weight is 386 g/mol. The molecule has 0 amide bonds. The topological polar surface area (TPSA) is 242 Å². The van der Waals surface area contributed by atoms with Crippen LogP contribution in [0.1, 0.15) is 39.1 Å². The first-order valence-corrected chi connectivity index (χ1v) is 6.92. The summed E-state index contributed by atoms with van der Waals surface area (Å²) in [5, 5.41) is 12.0. The van der Waals surface area contributed by atoms with Crippen molar-refractivity contribution in [2.45, 2.75) is 41.5 Å². The van der Waals surface area contributed by atoms with Gasteiger partial charge in [-0.1, -0.05) is 27.7 Å². The molecule has 0 aliphatic carbocycles. The van der Waals surface area contributed by atoms with Gasteiger partial charge < -0.3 is 32.1 Å². The minimum absolute atomic E-state index is 0. The Morgan fingerprint density at radius 3 is 1.08 bits per heavy atom. The maximum Gasteiger partial charge on any atom is 0.106 e. The van der Waals surface area contributed by atoms with Gasteiger partial charge in [-0.2, -0.15) is 0 Å². The summed E-state index contributed by atoms with van der Waals surface area (Å²) in [5.74, 6) is 0. The lowest BCUT2D eigenvalue weighted by atomic mass is 10.6. The van der Waals surface area contributed by atoms with Gasteiger partial charge in [0.25, 0.3) is 0 Å². The van der Waals surface area contributed by atoms with E-state index in [0.29, 0.717) is 0 Å². The predicted molar refractivity (Wildman–Crippen MR) is 107 cm³/mol. The van der Waals surface area contributed by atoms with Crippen molar-refractivity contribution < 1.29 is 20.8 Å². The molecule has 2 heterocycles. The Hall–Kier alpha value is -2.51. The number of rotatable bonds is 0. The quantitative estimate of drug-likeness (QED) is 0.287. The molecule has 0 unspecified atom stereocenters. The van der Waals surface area contributed by atoms with Crippen molar-refractivity contribution in [1.29, 1.82) is 0 Å². The Labute approximate surface area is 155 Å². The number of H-pyrrole nitrogens is 2. The van der Waals surface area contributed by atoms with Crippen LogP contribution >= 0.6 is 0 Å². The highest BCUT2D eigenvalue weighted by Gasteiger charge is 1.74. The molecule has 12 nitrogen and oxygen atoms in total. The molecule has 0 bridgehead atoms. The van der Waals surface area contributed by atoms with Gasteiger partial charge in [0.2, 0.25) is 0 Å². The summed E-state index contributed by atoms with van der Waals surface area (Å²) < 4.78 is 0. The second-order valence-electron chi connectivity index (χ2n) is 2.47. The van der Waals surface area contributed by atoms with Crippen molar-refractivity contribution in [3.05, 3.63) is 46.4 Å². The highest BCUT2D eigenvalue weighted by Crippen LogP contribution is 1.81. The number of nitrogens with one attached hydrogen (secondary N) is 2. The van der Waals surface area contributed by atoms with Gasteiger partial charge >= 0.3 is 0 Å². The van der Waals surface area contributed by atoms with Gasteiger partial charge in [-0.25, -0.2) is 9.97 Å². The Balaban J connectivity index is -0.0000000255. The van der Waals surface area contributed by atoms with Crippen molar-refractivity contribution in [1.82, 2.24) is 26.1 Å². The van der Waals surface area contributed by atoms with E-state index in [1.165, 1.54) is 7.05 Å². The third kappa shape index (κ3) is 68.3. The number of aromatic nitrogens is 4. The molecule has 0 saturated carbocycles. The normalized spacial score (nSPS) is 5.31. The SMILES string of the molecule is C=O.CC.CC.CN.Cc1cnc[nH]1.Cc1cnc[nH]1.N.O.O=O.OO. The van der Waals surface area contributed by atoms with Gasteiger partial charge in [0, 0.05) is 33.7 Å². The number of hydrogen-bond donors (Lipinski definition) is 6. The zero-order valence-corrected chi connectivity index (χ0v) is 16.8. The number of nitrogens with zero attached hydrogens (tertiary/aromatic N) is 2. The van der Waals surface area contributed by atoms with Gasteiger partial charge in [0.15, 0.2) is 0 Å². The summed E-state index contributed by atoms with van der Waals surface area (Å²) in [4.78, 5) is 35.3. The summed E-state index contributed by atoms with van der Waals surface area (Å²) in [6.07, 6.45) is 6.88. The molecule has 11 N–H and O–H groups in total. The first kappa shape index (κ1) is 49.5. The lowest BCUT2D eigenvalue weighted by Crippen LogP contribution is -1.69. The minimum Gasteiger partial charge on any atom is -0.412 e. The fourth-order valence-corrected chi connectivity index (χ4v) is 0.651. The molecule has 2 aromatic heterocycles. The summed E-state index contributed by atoms with van der Waals surface area (Å²) in [6.45, 7) is 13.9. The maximum atomic E-state index is 8.00. The molecule has 160 valence electrons. The van der Waals surface area contributed by atoms with Crippen molar-refractivity contribution in [3.63, 3.8) is 0 Å². The van der Waals surface area contributed by atoms with E-state index in [2.05, 4.69) is 25.7 Å². The molecule has 2 rings (SSSR count). The standard InChI is InChI=1S/2C4H6N2.2C2H6.CH5N.CH2O.H3N.H2O2.O2.H2O/c2*1-4-2-5-3-6-4;4*1-2;;2*1-2;/h2*2-3H,1H3,(H,5,6);2*1-2H3;2H2,1H3;1H2;1H3;1-2H;;1H2. The third-order valence-corrected chi connectivity index (χ3v) is 1.27. The molecular formula is C14H38N6O6. The zero-order chi connectivity index (χ0) is 20.8. The molecule has 0 aliphatic rings. The average Bonchev–Trinajstić information content (AvgIpc) is 3.39. The number of nitrogens with two attached hydrogens (primary N) is 1. The van der Waals surface area contributed by atoms with Crippen LogP contribution in [0.5, 0.6) is 0 Å². The van der Waals surface area contributed by atoms with E-state index < -0.39 is 0 Å². The van der Waals surface area contributed by atoms with Crippen molar-refractivity contribution in [2.24, 2.45) is 5.73 Å². The Kier molecular flexibility index (Phi) is 150. The lowest BCUT2D eigenvalue weighted by Gasteiger charge is -1.67. The van der Waals surface area contributed by atoms with Crippen molar-refractivity contribution in [2.75, 3.05) is 7.05 Å². The molecule has 26 heavy (non-hydrogen) atoms. The molecule has 0 aromatic carbocycles. The van der Waals surface area contributed by atoms with E-state index in [0.717, 1.165) is 11.4 Å². The summed E-state index contributed by atoms with van der Waals surface area (Å²) >= 11 is 0. The molecular weight excluding hydrogens is 348 g/mol. The van der Waals surface area contributed by atoms with Crippen LogP contribution in [0.3, 0.4) is 0 Å². The zero-order valence-electron chi connectivity index (χ0n) is 16.8. The van der Waals surface area contributed by atoms with E-state index in [1.54, 1.807) is 25.0 Å². The van der Waals surface area contributed by atoms with Gasteiger partial charge in [0.05, 0.1) is 12.7 Å². The van der Waals surface area contributed by atoms with Gasteiger partial charge in [-0.15, -0.1) is 0 Å². The molecule has 0 fully saturated rings. The molecule has 0 atom stereocenters. The van der Waals surface area contributed by atoms with Crippen LogP contribution in [0, 0.1) is 23.8 Å². The highest BCUT2D eigenvalue weighted by atomic mass is 17.0. The van der Waals surface area contributed by atoms with E-state index in [1.807, 2.05) is 48.3 Å². The minimum atomic E-state index is 0. The molecule has 0 radical (unpaired) electrons.